The highest BCUT2D eigenvalue weighted by Gasteiger charge is 2.24. The zero-order chi connectivity index (χ0) is 16.9. The molecule has 6 nitrogen and oxygen atoms in total. The van der Waals surface area contributed by atoms with Crippen molar-refractivity contribution in [2.45, 2.75) is 45.1 Å². The Bertz CT molecular complexity index is 692. The number of carbonyl (C=O) groups is 1. The molecule has 1 aliphatic heterocycles. The minimum atomic E-state index is -0.0865. The number of amides is 1. The van der Waals surface area contributed by atoms with E-state index in [-0.39, 0.29) is 11.9 Å². The largest absolute Gasteiger partial charge is 0.381 e. The number of carbonyl (C=O) groups excluding carboxylic acids is 1. The molecule has 1 amide bonds. The fourth-order valence-corrected chi connectivity index (χ4v) is 3.28. The van der Waals surface area contributed by atoms with Crippen LogP contribution in [0.15, 0.2) is 24.7 Å². The summed E-state index contributed by atoms with van der Waals surface area (Å²) in [5, 5.41) is 10.2. The number of ether oxygens (including phenoxy) is 1. The summed E-state index contributed by atoms with van der Waals surface area (Å²) >= 11 is 0. The molecule has 3 rings (SSSR count). The molecule has 2 aromatic heterocycles. The van der Waals surface area contributed by atoms with Crippen LogP contribution in [-0.4, -0.2) is 34.3 Å². The fourth-order valence-electron chi connectivity index (χ4n) is 3.28. The van der Waals surface area contributed by atoms with E-state index < -0.39 is 0 Å². The maximum absolute atomic E-state index is 12.7. The monoisotopic (exact) mass is 328 g/mol. The van der Waals surface area contributed by atoms with E-state index in [1.54, 1.807) is 12.4 Å². The molecular weight excluding hydrogens is 304 g/mol. The molecule has 3 heterocycles. The summed E-state index contributed by atoms with van der Waals surface area (Å²) in [6.07, 6.45) is 7.99. The van der Waals surface area contributed by atoms with Gasteiger partial charge in [-0.3, -0.25) is 14.9 Å². The van der Waals surface area contributed by atoms with Crippen LogP contribution in [-0.2, 0) is 11.2 Å². The van der Waals surface area contributed by atoms with Crippen molar-refractivity contribution in [3.05, 3.63) is 47.0 Å². The van der Waals surface area contributed by atoms with Gasteiger partial charge in [-0.2, -0.15) is 5.10 Å². The standard InChI is InChI=1S/C18H24N4O2/c1-3-13-10-19-7-4-15(13)12(2)21-18(23)16-11-20-22-17(16)14-5-8-24-9-6-14/h4,7,10-12,14H,3,5-6,8-9H2,1-2H3,(H,20,22)(H,21,23). The smallest absolute Gasteiger partial charge is 0.255 e. The lowest BCUT2D eigenvalue weighted by molar-refractivity contribution is 0.0832. The highest BCUT2D eigenvalue weighted by molar-refractivity contribution is 5.95. The molecular formula is C18H24N4O2. The molecule has 6 heteroatoms. The van der Waals surface area contributed by atoms with Crippen LogP contribution < -0.4 is 5.32 Å². The highest BCUT2D eigenvalue weighted by Crippen LogP contribution is 2.28. The summed E-state index contributed by atoms with van der Waals surface area (Å²) in [5.74, 6) is 0.223. The summed E-state index contributed by atoms with van der Waals surface area (Å²) < 4.78 is 5.41. The second kappa shape index (κ2) is 7.57. The van der Waals surface area contributed by atoms with Gasteiger partial charge in [0.2, 0.25) is 0 Å². The molecule has 0 aromatic carbocycles. The Morgan fingerprint density at radius 1 is 1.42 bits per heavy atom. The van der Waals surface area contributed by atoms with Crippen molar-refractivity contribution in [2.75, 3.05) is 13.2 Å². The van der Waals surface area contributed by atoms with Gasteiger partial charge in [0.05, 0.1) is 23.5 Å². The lowest BCUT2D eigenvalue weighted by atomic mass is 9.93. The molecule has 0 radical (unpaired) electrons. The number of hydrogen-bond acceptors (Lipinski definition) is 4. The number of aromatic nitrogens is 3. The summed E-state index contributed by atoms with van der Waals surface area (Å²) in [6.45, 7) is 5.56. The topological polar surface area (TPSA) is 79.9 Å². The van der Waals surface area contributed by atoms with Crippen molar-refractivity contribution in [3.8, 4) is 0 Å². The normalized spacial score (nSPS) is 16.8. The number of aryl methyl sites for hydroxylation is 1. The third kappa shape index (κ3) is 3.48. The van der Waals surface area contributed by atoms with E-state index in [1.165, 1.54) is 0 Å². The lowest BCUT2D eigenvalue weighted by Gasteiger charge is -2.22. The number of pyridine rings is 1. The maximum atomic E-state index is 12.7. The number of H-pyrrole nitrogens is 1. The molecule has 2 aromatic rings. The summed E-state index contributed by atoms with van der Waals surface area (Å²) in [6, 6.07) is 1.89. The molecule has 0 aliphatic carbocycles. The van der Waals surface area contributed by atoms with Gasteiger partial charge in [-0.1, -0.05) is 6.92 Å². The fraction of sp³-hybridized carbons (Fsp3) is 0.500. The van der Waals surface area contributed by atoms with Crippen molar-refractivity contribution in [2.24, 2.45) is 0 Å². The van der Waals surface area contributed by atoms with E-state index in [9.17, 15) is 4.79 Å². The SMILES string of the molecule is CCc1cnccc1C(C)NC(=O)c1cn[nH]c1C1CCOCC1. The minimum Gasteiger partial charge on any atom is -0.381 e. The number of hydrogen-bond donors (Lipinski definition) is 2. The first-order valence-electron chi connectivity index (χ1n) is 8.55. The predicted molar refractivity (Wildman–Crippen MR) is 90.9 cm³/mol. The van der Waals surface area contributed by atoms with Gasteiger partial charge in [0.1, 0.15) is 0 Å². The Morgan fingerprint density at radius 2 is 2.21 bits per heavy atom. The van der Waals surface area contributed by atoms with Crippen LogP contribution >= 0.6 is 0 Å². The molecule has 0 spiro atoms. The first-order valence-corrected chi connectivity index (χ1v) is 8.55. The number of rotatable bonds is 5. The lowest BCUT2D eigenvalue weighted by Crippen LogP contribution is -2.28. The average Bonchev–Trinajstić information content (AvgIpc) is 3.12. The van der Waals surface area contributed by atoms with Crippen LogP contribution in [0.5, 0.6) is 0 Å². The third-order valence-corrected chi connectivity index (χ3v) is 4.68. The second-order valence-electron chi connectivity index (χ2n) is 6.21. The van der Waals surface area contributed by atoms with Crippen molar-refractivity contribution in [1.29, 1.82) is 0 Å². The van der Waals surface area contributed by atoms with Crippen LogP contribution in [0.25, 0.3) is 0 Å². The van der Waals surface area contributed by atoms with Crippen molar-refractivity contribution in [3.63, 3.8) is 0 Å². The molecule has 1 atom stereocenters. The van der Waals surface area contributed by atoms with E-state index in [0.29, 0.717) is 11.5 Å². The van der Waals surface area contributed by atoms with E-state index in [1.807, 2.05) is 19.2 Å². The molecule has 128 valence electrons. The van der Waals surface area contributed by atoms with Gasteiger partial charge < -0.3 is 10.1 Å². The first-order chi connectivity index (χ1) is 11.7. The van der Waals surface area contributed by atoms with Crippen molar-refractivity contribution < 1.29 is 9.53 Å². The third-order valence-electron chi connectivity index (χ3n) is 4.68. The van der Waals surface area contributed by atoms with E-state index in [0.717, 1.165) is 49.3 Å². The predicted octanol–water partition coefficient (Wildman–Crippen LogP) is 2.75. The Hall–Kier alpha value is -2.21. The van der Waals surface area contributed by atoms with Crippen LogP contribution in [0, 0.1) is 0 Å². The van der Waals surface area contributed by atoms with Gasteiger partial charge in [0.15, 0.2) is 0 Å². The van der Waals surface area contributed by atoms with Crippen LogP contribution in [0.4, 0.5) is 0 Å². The number of nitrogens with one attached hydrogen (secondary N) is 2. The van der Waals surface area contributed by atoms with Crippen molar-refractivity contribution in [1.82, 2.24) is 20.5 Å². The van der Waals surface area contributed by atoms with E-state index in [2.05, 4.69) is 27.4 Å². The Labute approximate surface area is 142 Å². The molecule has 1 unspecified atom stereocenters. The molecule has 0 bridgehead atoms. The average molecular weight is 328 g/mol. The quantitative estimate of drug-likeness (QED) is 0.884. The molecule has 2 N–H and O–H groups in total. The van der Waals surface area contributed by atoms with Gasteiger partial charge in [-0.25, -0.2) is 0 Å². The van der Waals surface area contributed by atoms with Gasteiger partial charge >= 0.3 is 0 Å². The van der Waals surface area contributed by atoms with Gasteiger partial charge in [0, 0.05) is 31.5 Å². The summed E-state index contributed by atoms with van der Waals surface area (Å²) in [5.41, 5.74) is 3.83. The van der Waals surface area contributed by atoms with Crippen molar-refractivity contribution >= 4 is 5.91 Å². The van der Waals surface area contributed by atoms with Crippen LogP contribution in [0.1, 0.15) is 65.8 Å². The first kappa shape index (κ1) is 16.6. The van der Waals surface area contributed by atoms with Gasteiger partial charge in [0.25, 0.3) is 5.91 Å². The summed E-state index contributed by atoms with van der Waals surface area (Å²) in [4.78, 5) is 16.9. The van der Waals surface area contributed by atoms with E-state index in [4.69, 9.17) is 4.74 Å². The minimum absolute atomic E-state index is 0.0760. The molecule has 1 fully saturated rings. The number of aromatic amines is 1. The summed E-state index contributed by atoms with van der Waals surface area (Å²) in [7, 11) is 0. The van der Waals surface area contributed by atoms with Gasteiger partial charge in [-0.05, 0) is 43.4 Å². The maximum Gasteiger partial charge on any atom is 0.255 e. The van der Waals surface area contributed by atoms with Crippen LogP contribution in [0.3, 0.4) is 0 Å². The molecule has 1 aliphatic rings. The molecule has 24 heavy (non-hydrogen) atoms. The van der Waals surface area contributed by atoms with E-state index >= 15 is 0 Å². The molecule has 1 saturated heterocycles. The Morgan fingerprint density at radius 3 is 2.96 bits per heavy atom. The van der Waals surface area contributed by atoms with Crippen LogP contribution in [0.2, 0.25) is 0 Å². The zero-order valence-electron chi connectivity index (χ0n) is 14.2. The second-order valence-corrected chi connectivity index (χ2v) is 6.21. The van der Waals surface area contributed by atoms with Gasteiger partial charge in [-0.15, -0.1) is 0 Å². The zero-order valence-corrected chi connectivity index (χ0v) is 14.2. The Kier molecular flexibility index (Phi) is 5.25. The number of nitrogens with zero attached hydrogens (tertiary/aromatic N) is 2. The highest BCUT2D eigenvalue weighted by atomic mass is 16.5. The Balaban J connectivity index is 1.74. The molecule has 0 saturated carbocycles.